The molecule has 8 heteroatoms. The number of halogens is 1. The second-order valence-electron chi connectivity index (χ2n) is 8.43. The maximum Gasteiger partial charge on any atom is 0.291 e. The first-order chi connectivity index (χ1) is 14.1. The fourth-order valence-corrected chi connectivity index (χ4v) is 5.19. The van der Waals surface area contributed by atoms with E-state index in [1.165, 1.54) is 0 Å². The van der Waals surface area contributed by atoms with E-state index in [1.807, 2.05) is 21.6 Å². The summed E-state index contributed by atoms with van der Waals surface area (Å²) in [5.74, 6) is 2.61. The molecule has 1 aromatic heterocycles. The Morgan fingerprint density at radius 2 is 2.00 bits per heavy atom. The zero-order valence-corrected chi connectivity index (χ0v) is 17.0. The predicted molar refractivity (Wildman–Crippen MR) is 107 cm³/mol. The van der Waals surface area contributed by atoms with Crippen LogP contribution in [0.5, 0.6) is 5.75 Å². The minimum absolute atomic E-state index is 0.0400. The molecule has 1 aromatic carbocycles. The molecule has 4 atom stereocenters. The number of hydrogen-bond donors (Lipinski definition) is 1. The Morgan fingerprint density at radius 3 is 2.83 bits per heavy atom. The van der Waals surface area contributed by atoms with Gasteiger partial charge in [0.25, 0.3) is 5.91 Å². The van der Waals surface area contributed by atoms with E-state index in [-0.39, 0.29) is 17.9 Å². The van der Waals surface area contributed by atoms with Gasteiger partial charge < -0.3 is 19.3 Å². The minimum Gasteiger partial charge on any atom is -0.488 e. The monoisotopic (exact) mass is 416 g/mol. The number of fused-ring (bicyclic) bond motifs is 2. The summed E-state index contributed by atoms with van der Waals surface area (Å²) in [7, 11) is 0. The number of benzene rings is 1. The van der Waals surface area contributed by atoms with E-state index >= 15 is 0 Å². The van der Waals surface area contributed by atoms with Gasteiger partial charge in [0, 0.05) is 31.1 Å². The number of carbonyl (C=O) groups excluding carboxylic acids is 1. The van der Waals surface area contributed by atoms with Gasteiger partial charge in [-0.25, -0.2) is 0 Å². The highest BCUT2D eigenvalue weighted by Crippen LogP contribution is 2.38. The molecule has 0 bridgehead atoms. The van der Waals surface area contributed by atoms with Crippen molar-refractivity contribution in [2.24, 2.45) is 11.8 Å². The molecule has 3 aliphatic rings. The average molecular weight is 417 g/mol. The van der Waals surface area contributed by atoms with Crippen molar-refractivity contribution < 1.29 is 14.6 Å². The normalized spacial score (nSPS) is 28.7. The van der Waals surface area contributed by atoms with Crippen molar-refractivity contribution in [3.63, 3.8) is 0 Å². The van der Waals surface area contributed by atoms with E-state index in [0.29, 0.717) is 42.0 Å². The summed E-state index contributed by atoms with van der Waals surface area (Å²) in [6.45, 7) is 2.15. The van der Waals surface area contributed by atoms with Gasteiger partial charge in [-0.1, -0.05) is 17.7 Å². The van der Waals surface area contributed by atoms with Crippen molar-refractivity contribution in [2.75, 3.05) is 13.1 Å². The molecule has 1 amide bonds. The van der Waals surface area contributed by atoms with Gasteiger partial charge in [-0.2, -0.15) is 0 Å². The molecule has 5 rings (SSSR count). The summed E-state index contributed by atoms with van der Waals surface area (Å²) < 4.78 is 8.01. The third-order valence-electron chi connectivity index (χ3n) is 6.51. The number of amides is 1. The Bertz CT molecular complexity index is 917. The molecule has 2 aliphatic heterocycles. The van der Waals surface area contributed by atoms with Gasteiger partial charge in [-0.05, 0) is 55.7 Å². The number of aryl methyl sites for hydroxylation is 1. The lowest BCUT2D eigenvalue weighted by Crippen LogP contribution is -2.42. The fraction of sp³-hybridized carbons (Fsp3) is 0.571. The lowest BCUT2D eigenvalue weighted by molar-refractivity contribution is -0.0231. The average Bonchev–Trinajstić information content (AvgIpc) is 3.32. The Balaban J connectivity index is 1.27. The molecule has 29 heavy (non-hydrogen) atoms. The Morgan fingerprint density at radius 1 is 1.17 bits per heavy atom. The number of aliphatic hydroxyl groups excluding tert-OH is 1. The molecule has 154 valence electrons. The summed E-state index contributed by atoms with van der Waals surface area (Å²) in [5.41, 5.74) is 0. The molecule has 7 nitrogen and oxygen atoms in total. The van der Waals surface area contributed by atoms with Crippen LogP contribution in [0.15, 0.2) is 24.3 Å². The van der Waals surface area contributed by atoms with Crippen molar-refractivity contribution in [3.8, 4) is 5.75 Å². The molecule has 1 N–H and O–H groups in total. The lowest BCUT2D eigenvalue weighted by Gasteiger charge is -2.35. The zero-order valence-electron chi connectivity index (χ0n) is 16.2. The number of aromatic nitrogens is 3. The molecular weight excluding hydrogens is 392 g/mol. The summed E-state index contributed by atoms with van der Waals surface area (Å²) in [4.78, 5) is 15.0. The van der Waals surface area contributed by atoms with Crippen LogP contribution in [0.2, 0.25) is 5.02 Å². The van der Waals surface area contributed by atoms with Gasteiger partial charge in [0.15, 0.2) is 0 Å². The SMILES string of the molecule is O=C(c1nnc2n1CCCC2)N1C[C@H]2C[C@@H](Oc3cccc(Cl)c3)[C@H](O)C[C@H]2C1. The van der Waals surface area contributed by atoms with Crippen molar-refractivity contribution in [2.45, 2.75) is 50.9 Å². The van der Waals surface area contributed by atoms with Crippen LogP contribution in [0.1, 0.15) is 42.1 Å². The van der Waals surface area contributed by atoms with E-state index in [2.05, 4.69) is 10.2 Å². The summed E-state index contributed by atoms with van der Waals surface area (Å²) in [6, 6.07) is 7.25. The van der Waals surface area contributed by atoms with Crippen molar-refractivity contribution >= 4 is 17.5 Å². The van der Waals surface area contributed by atoms with E-state index in [9.17, 15) is 9.90 Å². The molecule has 0 spiro atoms. The van der Waals surface area contributed by atoms with Gasteiger partial charge in [0.2, 0.25) is 5.82 Å². The molecule has 1 saturated carbocycles. The molecule has 0 radical (unpaired) electrons. The molecule has 1 aliphatic carbocycles. The molecule has 1 saturated heterocycles. The van der Waals surface area contributed by atoms with Crippen LogP contribution in [0.25, 0.3) is 0 Å². The Kier molecular flexibility index (Phi) is 4.95. The molecular formula is C21H25ClN4O3. The number of rotatable bonds is 3. The fourth-order valence-electron chi connectivity index (χ4n) is 5.01. The summed E-state index contributed by atoms with van der Waals surface area (Å²) in [6.07, 6.45) is 3.58. The highest BCUT2D eigenvalue weighted by molar-refractivity contribution is 6.30. The third kappa shape index (κ3) is 3.62. The van der Waals surface area contributed by atoms with Crippen LogP contribution in [-0.2, 0) is 13.0 Å². The molecule has 2 aromatic rings. The van der Waals surface area contributed by atoms with Crippen LogP contribution in [0.4, 0.5) is 0 Å². The number of likely N-dealkylation sites (tertiary alicyclic amines) is 1. The van der Waals surface area contributed by atoms with Crippen LogP contribution in [0, 0.1) is 11.8 Å². The van der Waals surface area contributed by atoms with E-state index in [1.54, 1.807) is 12.1 Å². The first-order valence-corrected chi connectivity index (χ1v) is 10.8. The second kappa shape index (κ2) is 7.61. The first-order valence-electron chi connectivity index (χ1n) is 10.4. The lowest BCUT2D eigenvalue weighted by atomic mass is 9.78. The van der Waals surface area contributed by atoms with Crippen molar-refractivity contribution in [3.05, 3.63) is 40.9 Å². The van der Waals surface area contributed by atoms with Gasteiger partial charge in [-0.3, -0.25) is 4.79 Å². The van der Waals surface area contributed by atoms with E-state index in [4.69, 9.17) is 16.3 Å². The smallest absolute Gasteiger partial charge is 0.291 e. The summed E-state index contributed by atoms with van der Waals surface area (Å²) >= 11 is 6.04. The van der Waals surface area contributed by atoms with Crippen LogP contribution in [0.3, 0.4) is 0 Å². The summed E-state index contributed by atoms with van der Waals surface area (Å²) in [5, 5.41) is 19.6. The van der Waals surface area contributed by atoms with Gasteiger partial charge in [0.05, 0.1) is 6.10 Å². The van der Waals surface area contributed by atoms with Crippen LogP contribution < -0.4 is 4.74 Å². The highest BCUT2D eigenvalue weighted by Gasteiger charge is 2.44. The molecule has 0 unspecified atom stereocenters. The van der Waals surface area contributed by atoms with Gasteiger partial charge >= 0.3 is 0 Å². The first kappa shape index (κ1) is 18.9. The third-order valence-corrected chi connectivity index (χ3v) is 6.74. The maximum absolute atomic E-state index is 13.1. The quantitative estimate of drug-likeness (QED) is 0.831. The minimum atomic E-state index is -0.550. The molecule has 3 heterocycles. The van der Waals surface area contributed by atoms with E-state index in [0.717, 1.165) is 38.1 Å². The van der Waals surface area contributed by atoms with Crippen molar-refractivity contribution in [1.29, 1.82) is 0 Å². The highest BCUT2D eigenvalue weighted by atomic mass is 35.5. The Hall–Kier alpha value is -2.12. The Labute approximate surface area is 174 Å². The van der Waals surface area contributed by atoms with Crippen LogP contribution >= 0.6 is 11.6 Å². The molecule has 2 fully saturated rings. The number of hydrogen-bond acceptors (Lipinski definition) is 5. The van der Waals surface area contributed by atoms with Gasteiger partial charge in [-0.15, -0.1) is 10.2 Å². The van der Waals surface area contributed by atoms with Crippen molar-refractivity contribution in [1.82, 2.24) is 19.7 Å². The standard InChI is InChI=1S/C21H25ClN4O3/c22-15-4-3-5-16(10-15)29-18-9-14-12-25(11-13(14)8-17(18)27)21(28)20-24-23-19-6-1-2-7-26(19)20/h3-5,10,13-14,17-18,27H,1-2,6-9,11-12H2/t13-,14+,17+,18+/m0/s1. The number of aliphatic hydroxyl groups is 1. The zero-order chi connectivity index (χ0) is 20.0. The topological polar surface area (TPSA) is 80.5 Å². The maximum atomic E-state index is 13.1. The van der Waals surface area contributed by atoms with Crippen LogP contribution in [-0.4, -0.2) is 56.0 Å². The van der Waals surface area contributed by atoms with E-state index < -0.39 is 6.10 Å². The van der Waals surface area contributed by atoms with Gasteiger partial charge in [0.1, 0.15) is 17.7 Å². The number of ether oxygens (including phenoxy) is 1. The largest absolute Gasteiger partial charge is 0.488 e. The number of nitrogens with zero attached hydrogens (tertiary/aromatic N) is 4. The predicted octanol–water partition coefficient (Wildman–Crippen LogP) is 2.56. The number of carbonyl (C=O) groups is 1. The second-order valence-corrected chi connectivity index (χ2v) is 8.87.